The van der Waals surface area contributed by atoms with Gasteiger partial charge in [0, 0.05) is 43.7 Å². The third kappa shape index (κ3) is 4.57. The van der Waals surface area contributed by atoms with Gasteiger partial charge in [0.2, 0.25) is 10.0 Å². The molecule has 6 nitrogen and oxygen atoms in total. The summed E-state index contributed by atoms with van der Waals surface area (Å²) >= 11 is 0. The van der Waals surface area contributed by atoms with E-state index in [0.29, 0.717) is 38.3 Å². The smallest absolute Gasteiger partial charge is 0.213 e. The van der Waals surface area contributed by atoms with Crippen LogP contribution in [0.25, 0.3) is 0 Å². The van der Waals surface area contributed by atoms with E-state index >= 15 is 0 Å². The van der Waals surface area contributed by atoms with Gasteiger partial charge in [0.05, 0.1) is 5.75 Å². The highest BCUT2D eigenvalue weighted by Gasteiger charge is 2.42. The Balaban J connectivity index is 1.52. The summed E-state index contributed by atoms with van der Waals surface area (Å²) in [5, 5.41) is 6.52. The topological polar surface area (TPSA) is 73.8 Å². The highest BCUT2D eigenvalue weighted by atomic mass is 32.2. The van der Waals surface area contributed by atoms with Gasteiger partial charge in [-0.3, -0.25) is 4.99 Å². The average molecular weight is 400 g/mol. The van der Waals surface area contributed by atoms with Crippen LogP contribution in [0.1, 0.15) is 37.7 Å². The third-order valence-corrected chi connectivity index (χ3v) is 7.14. The van der Waals surface area contributed by atoms with Crippen molar-refractivity contribution in [1.29, 1.82) is 0 Å². The van der Waals surface area contributed by atoms with Gasteiger partial charge < -0.3 is 10.6 Å². The molecule has 27 heavy (non-hydrogen) atoms. The van der Waals surface area contributed by atoms with E-state index in [-0.39, 0.29) is 29.3 Å². The van der Waals surface area contributed by atoms with Gasteiger partial charge in [-0.05, 0) is 38.3 Å². The first kappa shape index (κ1) is 20.0. The molecule has 1 aliphatic heterocycles. The summed E-state index contributed by atoms with van der Waals surface area (Å²) in [6.45, 7) is 2.62. The molecule has 3 rings (SSSR count). The molecule has 0 bridgehead atoms. The fraction of sp³-hybridized carbons (Fsp3) is 0.611. The van der Waals surface area contributed by atoms with Gasteiger partial charge in [0.15, 0.2) is 5.96 Å². The predicted molar refractivity (Wildman–Crippen MR) is 101 cm³/mol. The zero-order valence-corrected chi connectivity index (χ0v) is 16.4. The SMILES string of the molecule is CCS(=O)(=O)N1CCC(NC(=NC)NC2CC2c2c(F)cccc2F)CC1. The number of nitrogens with one attached hydrogen (secondary N) is 2. The Morgan fingerprint density at radius 2 is 1.85 bits per heavy atom. The quantitative estimate of drug-likeness (QED) is 0.584. The minimum Gasteiger partial charge on any atom is -0.354 e. The number of hydrogen-bond acceptors (Lipinski definition) is 3. The molecule has 1 saturated carbocycles. The van der Waals surface area contributed by atoms with Crippen molar-refractivity contribution in [3.63, 3.8) is 0 Å². The van der Waals surface area contributed by atoms with Gasteiger partial charge in [-0.1, -0.05) is 6.07 Å². The molecule has 9 heteroatoms. The lowest BCUT2D eigenvalue weighted by molar-refractivity contribution is 0.306. The zero-order valence-electron chi connectivity index (χ0n) is 15.6. The maximum absolute atomic E-state index is 13.9. The van der Waals surface area contributed by atoms with Crippen molar-refractivity contribution in [3.05, 3.63) is 35.4 Å². The zero-order chi connectivity index (χ0) is 19.6. The average Bonchev–Trinajstić information content (AvgIpc) is 3.40. The molecule has 2 aliphatic rings. The molecule has 1 aromatic carbocycles. The van der Waals surface area contributed by atoms with Gasteiger partial charge in [0.25, 0.3) is 0 Å². The monoisotopic (exact) mass is 400 g/mol. The second-order valence-electron chi connectivity index (χ2n) is 7.02. The molecular weight excluding hydrogens is 374 g/mol. The van der Waals surface area contributed by atoms with Crippen LogP contribution in [0.15, 0.2) is 23.2 Å². The summed E-state index contributed by atoms with van der Waals surface area (Å²) < 4.78 is 53.2. The largest absolute Gasteiger partial charge is 0.354 e. The maximum atomic E-state index is 13.9. The number of nitrogens with zero attached hydrogens (tertiary/aromatic N) is 2. The first-order chi connectivity index (χ1) is 12.9. The van der Waals surface area contributed by atoms with Gasteiger partial charge in [-0.25, -0.2) is 21.5 Å². The van der Waals surface area contributed by atoms with E-state index in [1.165, 1.54) is 22.5 Å². The van der Waals surface area contributed by atoms with Gasteiger partial charge in [0.1, 0.15) is 11.6 Å². The van der Waals surface area contributed by atoms with E-state index < -0.39 is 21.7 Å². The second-order valence-corrected chi connectivity index (χ2v) is 9.28. The van der Waals surface area contributed by atoms with Crippen LogP contribution in [0.3, 0.4) is 0 Å². The van der Waals surface area contributed by atoms with E-state index in [1.54, 1.807) is 14.0 Å². The van der Waals surface area contributed by atoms with E-state index in [4.69, 9.17) is 0 Å². The number of rotatable bonds is 5. The van der Waals surface area contributed by atoms with E-state index in [9.17, 15) is 17.2 Å². The lowest BCUT2D eigenvalue weighted by Crippen LogP contribution is -2.50. The van der Waals surface area contributed by atoms with Gasteiger partial charge >= 0.3 is 0 Å². The lowest BCUT2D eigenvalue weighted by atomic mass is 10.1. The number of aliphatic imine (C=N–C) groups is 1. The van der Waals surface area contributed by atoms with Gasteiger partial charge in [-0.2, -0.15) is 0 Å². The van der Waals surface area contributed by atoms with Crippen LogP contribution in [0.2, 0.25) is 0 Å². The summed E-state index contributed by atoms with van der Waals surface area (Å²) in [5.41, 5.74) is 0.128. The normalized spacial score (nSPS) is 24.7. The molecular formula is C18H26F2N4O2S. The number of guanidine groups is 1. The Morgan fingerprint density at radius 1 is 1.22 bits per heavy atom. The predicted octanol–water partition coefficient (Wildman–Crippen LogP) is 1.80. The van der Waals surface area contributed by atoms with Crippen molar-refractivity contribution < 1.29 is 17.2 Å². The van der Waals surface area contributed by atoms with E-state index in [1.807, 2.05) is 0 Å². The standard InChI is InChI=1S/C18H26F2N4O2S/c1-3-27(25,26)24-9-7-12(8-10-24)22-18(21-2)23-16-11-13(16)17-14(19)5-4-6-15(17)20/h4-6,12-13,16H,3,7-11H2,1-2H3,(H2,21,22,23). The van der Waals surface area contributed by atoms with Crippen molar-refractivity contribution >= 4 is 16.0 Å². The van der Waals surface area contributed by atoms with Crippen molar-refractivity contribution in [2.45, 2.75) is 44.2 Å². The van der Waals surface area contributed by atoms with Crippen LogP contribution in [0, 0.1) is 11.6 Å². The Bertz CT molecular complexity index is 787. The molecule has 1 aliphatic carbocycles. The summed E-state index contributed by atoms with van der Waals surface area (Å²) in [6.07, 6.45) is 2.03. The molecule has 1 heterocycles. The molecule has 150 valence electrons. The molecule has 0 aromatic heterocycles. The Morgan fingerprint density at radius 3 is 2.41 bits per heavy atom. The molecule has 2 fully saturated rings. The fourth-order valence-electron chi connectivity index (χ4n) is 3.54. The van der Waals surface area contributed by atoms with Crippen LogP contribution in [-0.2, 0) is 10.0 Å². The Kier molecular flexibility index (Phi) is 6.00. The Labute approximate surface area is 159 Å². The molecule has 0 radical (unpaired) electrons. The van der Waals surface area contributed by atoms with Crippen LogP contribution >= 0.6 is 0 Å². The maximum Gasteiger partial charge on any atom is 0.213 e. The number of piperidine rings is 1. The lowest BCUT2D eigenvalue weighted by Gasteiger charge is -2.32. The number of sulfonamides is 1. The van der Waals surface area contributed by atoms with E-state index in [2.05, 4.69) is 15.6 Å². The van der Waals surface area contributed by atoms with Crippen molar-refractivity contribution in [2.24, 2.45) is 4.99 Å². The van der Waals surface area contributed by atoms with Crippen molar-refractivity contribution in [2.75, 3.05) is 25.9 Å². The number of halogens is 2. The minimum absolute atomic E-state index is 0.0665. The first-order valence-corrected chi connectivity index (χ1v) is 10.9. The summed E-state index contributed by atoms with van der Waals surface area (Å²) in [5.74, 6) is -0.546. The molecule has 2 atom stereocenters. The minimum atomic E-state index is -3.15. The molecule has 2 N–H and O–H groups in total. The first-order valence-electron chi connectivity index (χ1n) is 9.27. The molecule has 0 spiro atoms. The molecule has 0 amide bonds. The fourth-order valence-corrected chi connectivity index (χ4v) is 4.67. The van der Waals surface area contributed by atoms with Crippen molar-refractivity contribution in [3.8, 4) is 0 Å². The van der Waals surface area contributed by atoms with Crippen LogP contribution in [0.4, 0.5) is 8.78 Å². The van der Waals surface area contributed by atoms with Crippen LogP contribution in [0.5, 0.6) is 0 Å². The molecule has 1 saturated heterocycles. The summed E-state index contributed by atoms with van der Waals surface area (Å²) in [6, 6.07) is 3.97. The summed E-state index contributed by atoms with van der Waals surface area (Å²) in [4.78, 5) is 4.19. The van der Waals surface area contributed by atoms with Crippen molar-refractivity contribution in [1.82, 2.24) is 14.9 Å². The molecule has 2 unspecified atom stereocenters. The number of benzene rings is 1. The highest BCUT2D eigenvalue weighted by molar-refractivity contribution is 7.89. The van der Waals surface area contributed by atoms with E-state index in [0.717, 1.165) is 0 Å². The van der Waals surface area contributed by atoms with Crippen LogP contribution < -0.4 is 10.6 Å². The Hall–Kier alpha value is -1.74. The third-order valence-electron chi connectivity index (χ3n) is 5.26. The van der Waals surface area contributed by atoms with Crippen LogP contribution in [-0.4, -0.2) is 56.7 Å². The number of hydrogen-bond donors (Lipinski definition) is 2. The second kappa shape index (κ2) is 8.10. The molecule has 1 aromatic rings. The summed E-state index contributed by atoms with van der Waals surface area (Å²) in [7, 11) is -1.50. The highest BCUT2D eigenvalue weighted by Crippen LogP contribution is 2.43. The van der Waals surface area contributed by atoms with Gasteiger partial charge in [-0.15, -0.1) is 0 Å².